The monoisotopic (exact) mass is 208 g/mol. The van der Waals surface area contributed by atoms with Crippen molar-refractivity contribution in [2.24, 2.45) is 11.8 Å². The van der Waals surface area contributed by atoms with Crippen LogP contribution in [0, 0.1) is 11.8 Å². The van der Waals surface area contributed by atoms with Gasteiger partial charge in [-0.2, -0.15) is 0 Å². The van der Waals surface area contributed by atoms with E-state index in [1.54, 1.807) is 0 Å². The van der Waals surface area contributed by atoms with Gasteiger partial charge in [-0.3, -0.25) is 0 Å². The molecule has 15 heavy (non-hydrogen) atoms. The minimum Gasteiger partial charge on any atom is -0.103 e. The SMILES string of the molecule is C=CCCC(C)CCCCCCC1CC1. The molecule has 0 saturated heterocycles. The summed E-state index contributed by atoms with van der Waals surface area (Å²) in [5.74, 6) is 2.04. The van der Waals surface area contributed by atoms with Crippen molar-refractivity contribution in [3.05, 3.63) is 12.7 Å². The third-order valence-electron chi connectivity index (χ3n) is 3.62. The molecule has 0 aliphatic heterocycles. The highest BCUT2D eigenvalue weighted by Crippen LogP contribution is 2.34. The van der Waals surface area contributed by atoms with E-state index in [2.05, 4.69) is 13.5 Å². The third kappa shape index (κ3) is 7.64. The summed E-state index contributed by atoms with van der Waals surface area (Å²) in [5.41, 5.74) is 0. The standard InChI is InChI=1S/C15H28/c1-3-4-9-14(2)10-7-5-6-8-11-15-12-13-15/h3,14-15H,1,4-13H2,2H3. The fourth-order valence-corrected chi connectivity index (χ4v) is 2.23. The van der Waals surface area contributed by atoms with Gasteiger partial charge in [-0.25, -0.2) is 0 Å². The molecule has 0 radical (unpaired) electrons. The Morgan fingerprint density at radius 1 is 1.13 bits per heavy atom. The second-order valence-corrected chi connectivity index (χ2v) is 5.41. The van der Waals surface area contributed by atoms with E-state index in [9.17, 15) is 0 Å². The molecule has 0 aromatic carbocycles. The Morgan fingerprint density at radius 3 is 2.53 bits per heavy atom. The molecule has 0 heterocycles. The molecule has 1 atom stereocenters. The Hall–Kier alpha value is -0.260. The Morgan fingerprint density at radius 2 is 1.87 bits per heavy atom. The van der Waals surface area contributed by atoms with Crippen LogP contribution in [-0.4, -0.2) is 0 Å². The summed E-state index contributed by atoms with van der Waals surface area (Å²) in [7, 11) is 0. The van der Waals surface area contributed by atoms with Crippen LogP contribution in [0.25, 0.3) is 0 Å². The summed E-state index contributed by atoms with van der Waals surface area (Å²) in [6.07, 6.45) is 16.5. The maximum atomic E-state index is 3.78. The molecule has 0 amide bonds. The van der Waals surface area contributed by atoms with Crippen LogP contribution < -0.4 is 0 Å². The molecule has 1 saturated carbocycles. The largest absolute Gasteiger partial charge is 0.103 e. The zero-order valence-electron chi connectivity index (χ0n) is 10.5. The first-order valence-corrected chi connectivity index (χ1v) is 6.94. The van der Waals surface area contributed by atoms with Crippen molar-refractivity contribution in [3.8, 4) is 0 Å². The molecule has 1 aliphatic carbocycles. The predicted molar refractivity (Wildman–Crippen MR) is 69.0 cm³/mol. The first-order valence-electron chi connectivity index (χ1n) is 6.94. The lowest BCUT2D eigenvalue weighted by Crippen LogP contribution is -1.93. The smallest absolute Gasteiger partial charge is 0.0351 e. The topological polar surface area (TPSA) is 0 Å². The fraction of sp³-hybridized carbons (Fsp3) is 0.867. The minimum atomic E-state index is 0.909. The number of hydrogen-bond donors (Lipinski definition) is 0. The summed E-state index contributed by atoms with van der Waals surface area (Å²) >= 11 is 0. The van der Waals surface area contributed by atoms with Crippen LogP contribution in [0.5, 0.6) is 0 Å². The predicted octanol–water partition coefficient (Wildman–Crippen LogP) is 5.34. The van der Waals surface area contributed by atoms with Gasteiger partial charge in [0.05, 0.1) is 0 Å². The van der Waals surface area contributed by atoms with E-state index in [0.29, 0.717) is 0 Å². The summed E-state index contributed by atoms with van der Waals surface area (Å²) < 4.78 is 0. The van der Waals surface area contributed by atoms with Gasteiger partial charge in [-0.05, 0) is 24.7 Å². The molecule has 1 fully saturated rings. The van der Waals surface area contributed by atoms with Crippen molar-refractivity contribution in [2.45, 2.75) is 71.1 Å². The van der Waals surface area contributed by atoms with E-state index in [1.165, 1.54) is 64.2 Å². The maximum absolute atomic E-state index is 3.78. The normalized spacial score (nSPS) is 17.7. The van der Waals surface area contributed by atoms with Gasteiger partial charge in [-0.15, -0.1) is 6.58 Å². The lowest BCUT2D eigenvalue weighted by molar-refractivity contribution is 0.457. The second kappa shape index (κ2) is 7.96. The van der Waals surface area contributed by atoms with Crippen LogP contribution in [0.4, 0.5) is 0 Å². The summed E-state index contributed by atoms with van der Waals surface area (Å²) in [6, 6.07) is 0. The van der Waals surface area contributed by atoms with Gasteiger partial charge in [0.2, 0.25) is 0 Å². The highest BCUT2D eigenvalue weighted by molar-refractivity contribution is 4.72. The zero-order valence-corrected chi connectivity index (χ0v) is 10.5. The molecule has 1 rings (SSSR count). The minimum absolute atomic E-state index is 0.909. The molecular weight excluding hydrogens is 180 g/mol. The molecule has 0 nitrogen and oxygen atoms in total. The van der Waals surface area contributed by atoms with E-state index in [1.807, 2.05) is 6.08 Å². The van der Waals surface area contributed by atoms with Crippen molar-refractivity contribution in [1.29, 1.82) is 0 Å². The fourth-order valence-electron chi connectivity index (χ4n) is 2.23. The number of unbranched alkanes of at least 4 members (excludes halogenated alkanes) is 3. The van der Waals surface area contributed by atoms with Crippen LogP contribution in [0.1, 0.15) is 71.1 Å². The molecule has 88 valence electrons. The molecule has 0 aromatic rings. The van der Waals surface area contributed by atoms with Gasteiger partial charge in [-0.1, -0.05) is 64.4 Å². The molecule has 0 heteroatoms. The third-order valence-corrected chi connectivity index (χ3v) is 3.62. The van der Waals surface area contributed by atoms with Gasteiger partial charge in [0.1, 0.15) is 0 Å². The highest BCUT2D eigenvalue weighted by atomic mass is 14.3. The lowest BCUT2D eigenvalue weighted by atomic mass is 9.97. The second-order valence-electron chi connectivity index (χ2n) is 5.41. The summed E-state index contributed by atoms with van der Waals surface area (Å²) in [5, 5.41) is 0. The quantitative estimate of drug-likeness (QED) is 0.336. The first-order chi connectivity index (χ1) is 7.33. The molecule has 0 bridgehead atoms. The van der Waals surface area contributed by atoms with Crippen LogP contribution in [0.15, 0.2) is 12.7 Å². The number of rotatable bonds is 10. The Kier molecular flexibility index (Phi) is 6.80. The van der Waals surface area contributed by atoms with Crippen LogP contribution in [-0.2, 0) is 0 Å². The molecule has 1 aliphatic rings. The average molecular weight is 208 g/mol. The summed E-state index contributed by atoms with van der Waals surface area (Å²) in [4.78, 5) is 0. The van der Waals surface area contributed by atoms with Crippen LogP contribution in [0.3, 0.4) is 0 Å². The van der Waals surface area contributed by atoms with Gasteiger partial charge in [0.25, 0.3) is 0 Å². The van der Waals surface area contributed by atoms with Gasteiger partial charge < -0.3 is 0 Å². The number of allylic oxidation sites excluding steroid dienone is 1. The van der Waals surface area contributed by atoms with E-state index in [-0.39, 0.29) is 0 Å². The van der Waals surface area contributed by atoms with Gasteiger partial charge in [0.15, 0.2) is 0 Å². The molecule has 1 unspecified atom stereocenters. The zero-order chi connectivity index (χ0) is 10.9. The molecular formula is C15H28. The molecule has 0 spiro atoms. The van der Waals surface area contributed by atoms with E-state index in [4.69, 9.17) is 0 Å². The van der Waals surface area contributed by atoms with Crippen molar-refractivity contribution in [2.75, 3.05) is 0 Å². The highest BCUT2D eigenvalue weighted by Gasteiger charge is 2.19. The van der Waals surface area contributed by atoms with Crippen molar-refractivity contribution >= 4 is 0 Å². The Balaban J connectivity index is 1.76. The van der Waals surface area contributed by atoms with Crippen LogP contribution >= 0.6 is 0 Å². The lowest BCUT2D eigenvalue weighted by Gasteiger charge is -2.09. The Bertz CT molecular complexity index is 155. The van der Waals surface area contributed by atoms with Crippen molar-refractivity contribution in [1.82, 2.24) is 0 Å². The first kappa shape index (κ1) is 12.8. The van der Waals surface area contributed by atoms with Crippen molar-refractivity contribution < 1.29 is 0 Å². The van der Waals surface area contributed by atoms with Gasteiger partial charge >= 0.3 is 0 Å². The van der Waals surface area contributed by atoms with E-state index < -0.39 is 0 Å². The number of hydrogen-bond acceptors (Lipinski definition) is 0. The molecule has 0 N–H and O–H groups in total. The summed E-state index contributed by atoms with van der Waals surface area (Å²) in [6.45, 7) is 6.16. The van der Waals surface area contributed by atoms with E-state index >= 15 is 0 Å². The van der Waals surface area contributed by atoms with E-state index in [0.717, 1.165) is 11.8 Å². The molecule has 0 aromatic heterocycles. The van der Waals surface area contributed by atoms with Crippen molar-refractivity contribution in [3.63, 3.8) is 0 Å². The van der Waals surface area contributed by atoms with Crippen LogP contribution in [0.2, 0.25) is 0 Å². The maximum Gasteiger partial charge on any atom is -0.0351 e. The average Bonchev–Trinajstić information content (AvgIpc) is 3.04. The van der Waals surface area contributed by atoms with Gasteiger partial charge in [0, 0.05) is 0 Å². The Labute approximate surface area is 96.2 Å².